The largest absolute Gasteiger partial charge is 0.461 e. The summed E-state index contributed by atoms with van der Waals surface area (Å²) < 4.78 is 7.28. The summed E-state index contributed by atoms with van der Waals surface area (Å²) in [5, 5.41) is 25.8. The van der Waals surface area contributed by atoms with E-state index in [4.69, 9.17) is 20.1 Å². The SMILES string of the molecule is CCCc1nc(C(=O)OCC)c(C(C)(C)O)n1Cc1ccc(-c2ccccc2-c2nnn(C(c3ccccc3)(c3ccccc3)c3ccccc3)n2)cc1. The molecule has 7 aromatic rings. The predicted molar refractivity (Wildman–Crippen MR) is 210 cm³/mol. The van der Waals surface area contributed by atoms with Crippen molar-refractivity contribution in [3.05, 3.63) is 179 Å². The minimum Gasteiger partial charge on any atom is -0.461 e. The van der Waals surface area contributed by atoms with Crippen LogP contribution in [-0.2, 0) is 28.8 Å². The average Bonchev–Trinajstić information content (AvgIpc) is 3.83. The molecule has 0 atom stereocenters. The van der Waals surface area contributed by atoms with Crippen molar-refractivity contribution in [1.82, 2.24) is 29.8 Å². The van der Waals surface area contributed by atoms with Crippen LogP contribution in [0.2, 0.25) is 0 Å². The molecule has 9 heteroatoms. The average molecular weight is 717 g/mol. The summed E-state index contributed by atoms with van der Waals surface area (Å²) >= 11 is 0. The zero-order valence-electron chi connectivity index (χ0n) is 31.1. The van der Waals surface area contributed by atoms with E-state index in [-0.39, 0.29) is 12.3 Å². The Hall–Kier alpha value is -6.19. The summed E-state index contributed by atoms with van der Waals surface area (Å²) in [6.45, 7) is 7.83. The minimum atomic E-state index is -1.32. The topological polar surface area (TPSA) is 108 Å². The quantitative estimate of drug-likeness (QED) is 0.0943. The number of nitrogens with zero attached hydrogens (tertiary/aromatic N) is 6. The number of hydrogen-bond donors (Lipinski definition) is 1. The number of carbonyl (C=O) groups is 1. The van der Waals surface area contributed by atoms with Crippen LogP contribution in [0.5, 0.6) is 0 Å². The summed E-state index contributed by atoms with van der Waals surface area (Å²) in [5.74, 6) is 0.710. The highest BCUT2D eigenvalue weighted by atomic mass is 16.5. The van der Waals surface area contributed by atoms with Gasteiger partial charge in [-0.05, 0) is 65.8 Å². The molecule has 7 rings (SSSR count). The molecule has 0 bridgehead atoms. The van der Waals surface area contributed by atoms with Gasteiger partial charge in [-0.3, -0.25) is 0 Å². The Labute approximate surface area is 315 Å². The number of aromatic nitrogens is 6. The second kappa shape index (κ2) is 15.4. The summed E-state index contributed by atoms with van der Waals surface area (Å²) in [6, 6.07) is 47.3. The van der Waals surface area contributed by atoms with Crippen LogP contribution in [-0.4, -0.2) is 47.4 Å². The lowest BCUT2D eigenvalue weighted by atomic mass is 9.77. The normalized spacial score (nSPS) is 11.8. The molecule has 2 aromatic heterocycles. The number of aliphatic hydroxyl groups is 1. The molecule has 0 aliphatic heterocycles. The van der Waals surface area contributed by atoms with Gasteiger partial charge in [-0.15, -0.1) is 15.0 Å². The second-order valence-corrected chi connectivity index (χ2v) is 13.8. The molecule has 0 saturated heterocycles. The number of ether oxygens (including phenoxy) is 1. The van der Waals surface area contributed by atoms with E-state index in [1.54, 1.807) is 25.6 Å². The summed E-state index contributed by atoms with van der Waals surface area (Å²) in [4.78, 5) is 19.3. The van der Waals surface area contributed by atoms with Gasteiger partial charge in [0, 0.05) is 18.5 Å². The van der Waals surface area contributed by atoms with E-state index in [1.165, 1.54) is 0 Å². The Morgan fingerprint density at radius 1 is 0.722 bits per heavy atom. The first-order valence-corrected chi connectivity index (χ1v) is 18.4. The number of carbonyl (C=O) groups excluding carboxylic acids is 1. The summed E-state index contributed by atoms with van der Waals surface area (Å²) in [5.41, 5.74) is 5.24. The molecule has 0 saturated carbocycles. The third kappa shape index (κ3) is 6.86. The van der Waals surface area contributed by atoms with Crippen molar-refractivity contribution in [2.75, 3.05) is 6.61 Å². The zero-order chi connectivity index (χ0) is 37.7. The van der Waals surface area contributed by atoms with Crippen molar-refractivity contribution in [2.45, 2.75) is 58.2 Å². The lowest BCUT2D eigenvalue weighted by Crippen LogP contribution is -2.39. The Bertz CT molecular complexity index is 2230. The van der Waals surface area contributed by atoms with Crippen LogP contribution >= 0.6 is 0 Å². The molecule has 9 nitrogen and oxygen atoms in total. The first-order valence-electron chi connectivity index (χ1n) is 18.4. The van der Waals surface area contributed by atoms with Crippen molar-refractivity contribution in [1.29, 1.82) is 0 Å². The number of esters is 1. The van der Waals surface area contributed by atoms with Gasteiger partial charge in [0.2, 0.25) is 5.82 Å². The third-order valence-electron chi connectivity index (χ3n) is 9.63. The van der Waals surface area contributed by atoms with Crippen molar-refractivity contribution in [3.8, 4) is 22.5 Å². The number of aryl methyl sites for hydroxylation is 1. The Balaban J connectivity index is 1.28. The van der Waals surface area contributed by atoms with Gasteiger partial charge >= 0.3 is 5.97 Å². The van der Waals surface area contributed by atoms with E-state index in [9.17, 15) is 9.90 Å². The Morgan fingerprint density at radius 3 is 1.78 bits per heavy atom. The monoisotopic (exact) mass is 716 g/mol. The highest BCUT2D eigenvalue weighted by Crippen LogP contribution is 2.40. The maximum absolute atomic E-state index is 12.9. The predicted octanol–water partition coefficient (Wildman–Crippen LogP) is 8.45. The molecule has 54 heavy (non-hydrogen) atoms. The van der Waals surface area contributed by atoms with Crippen molar-refractivity contribution < 1.29 is 14.6 Å². The van der Waals surface area contributed by atoms with E-state index in [2.05, 4.69) is 78.6 Å². The molecule has 0 amide bonds. The molecular weight excluding hydrogens is 673 g/mol. The van der Waals surface area contributed by atoms with Crippen LogP contribution in [0.4, 0.5) is 0 Å². The lowest BCUT2D eigenvalue weighted by molar-refractivity contribution is 0.0467. The van der Waals surface area contributed by atoms with Gasteiger partial charge in [0.1, 0.15) is 11.4 Å². The number of rotatable bonds is 13. The van der Waals surface area contributed by atoms with Crippen LogP contribution in [0.3, 0.4) is 0 Å². The van der Waals surface area contributed by atoms with Gasteiger partial charge in [0.05, 0.1) is 12.3 Å². The van der Waals surface area contributed by atoms with Gasteiger partial charge in [-0.2, -0.15) is 0 Å². The van der Waals surface area contributed by atoms with Crippen molar-refractivity contribution in [2.24, 2.45) is 0 Å². The van der Waals surface area contributed by atoms with Gasteiger partial charge in [-0.1, -0.05) is 146 Å². The van der Waals surface area contributed by atoms with E-state index >= 15 is 0 Å². The smallest absolute Gasteiger partial charge is 0.358 e. The van der Waals surface area contributed by atoms with Gasteiger partial charge in [0.15, 0.2) is 11.2 Å². The van der Waals surface area contributed by atoms with E-state index in [1.807, 2.05) is 77.4 Å². The van der Waals surface area contributed by atoms with Crippen LogP contribution in [0.25, 0.3) is 22.5 Å². The summed E-state index contributed by atoms with van der Waals surface area (Å²) in [7, 11) is 0. The molecular formula is C45H44N6O3. The molecule has 0 unspecified atom stereocenters. The lowest BCUT2D eigenvalue weighted by Gasteiger charge is -2.34. The molecule has 0 spiro atoms. The first kappa shape index (κ1) is 36.2. The third-order valence-corrected chi connectivity index (χ3v) is 9.63. The maximum atomic E-state index is 12.9. The fraction of sp³-hybridized carbons (Fsp3) is 0.222. The van der Waals surface area contributed by atoms with Crippen LogP contribution < -0.4 is 0 Å². The molecule has 272 valence electrons. The van der Waals surface area contributed by atoms with Crippen LogP contribution in [0.1, 0.15) is 78.4 Å². The maximum Gasteiger partial charge on any atom is 0.358 e. The first-order chi connectivity index (χ1) is 26.2. The van der Waals surface area contributed by atoms with Crippen LogP contribution in [0, 0.1) is 0 Å². The van der Waals surface area contributed by atoms with Gasteiger partial charge < -0.3 is 14.4 Å². The molecule has 0 aliphatic rings. The van der Waals surface area contributed by atoms with E-state index < -0.39 is 17.1 Å². The molecule has 0 fully saturated rings. The van der Waals surface area contributed by atoms with Crippen LogP contribution in [0.15, 0.2) is 140 Å². The number of hydrogen-bond acceptors (Lipinski definition) is 7. The molecule has 2 heterocycles. The standard InChI is InChI=1S/C45H44N6O3/c1-5-18-39-46-40(43(52)54-6-2)41(44(3,4)53)50(39)31-32-27-29-33(30-28-32)37-25-16-17-26-38(37)42-47-49-51(48-42)45(34-19-10-7-11-20-34,35-21-12-8-13-22-35)36-23-14-9-15-24-36/h7-17,19-30,53H,5-6,18,31H2,1-4H3. The van der Waals surface area contributed by atoms with Crippen molar-refractivity contribution >= 4 is 5.97 Å². The van der Waals surface area contributed by atoms with Gasteiger partial charge in [-0.25, -0.2) is 9.78 Å². The molecule has 0 radical (unpaired) electrons. The fourth-order valence-corrected chi connectivity index (χ4v) is 7.30. The number of tetrazole rings is 1. The Kier molecular flexibility index (Phi) is 10.3. The van der Waals surface area contributed by atoms with E-state index in [0.717, 1.165) is 51.2 Å². The molecule has 1 N–H and O–H groups in total. The highest BCUT2D eigenvalue weighted by molar-refractivity contribution is 5.89. The minimum absolute atomic E-state index is 0.162. The molecule has 0 aliphatic carbocycles. The summed E-state index contributed by atoms with van der Waals surface area (Å²) in [6.07, 6.45) is 1.49. The highest BCUT2D eigenvalue weighted by Gasteiger charge is 2.41. The zero-order valence-corrected chi connectivity index (χ0v) is 31.1. The fourth-order valence-electron chi connectivity index (χ4n) is 7.30. The number of benzene rings is 5. The number of imidazole rings is 1. The molecule has 5 aromatic carbocycles. The second-order valence-electron chi connectivity index (χ2n) is 13.8. The Morgan fingerprint density at radius 2 is 1.26 bits per heavy atom. The van der Waals surface area contributed by atoms with E-state index in [0.29, 0.717) is 24.5 Å². The van der Waals surface area contributed by atoms with Gasteiger partial charge in [0.25, 0.3) is 0 Å². The van der Waals surface area contributed by atoms with Crippen molar-refractivity contribution in [3.63, 3.8) is 0 Å².